The lowest BCUT2D eigenvalue weighted by molar-refractivity contribution is 0.0697. The minimum absolute atomic E-state index is 0.0978. The molecule has 1 atom stereocenters. The standard InChI is InChI=1S/C17H18N2O3/c1-22-16-8-7-13(17(20)21)9-15(16)19-11-14(10-18)12-5-3-2-4-6-12/h2-10,14,18-19H,11H2,1H3,(H,20,21). The van der Waals surface area contributed by atoms with Crippen molar-refractivity contribution < 1.29 is 14.6 Å². The normalized spacial score (nSPS) is 11.5. The van der Waals surface area contributed by atoms with Crippen LogP contribution < -0.4 is 10.1 Å². The number of aromatic carboxylic acids is 1. The molecule has 0 heterocycles. The second-order valence-electron chi connectivity index (χ2n) is 4.78. The van der Waals surface area contributed by atoms with E-state index in [0.29, 0.717) is 18.0 Å². The van der Waals surface area contributed by atoms with Crippen molar-refractivity contribution in [1.82, 2.24) is 0 Å². The van der Waals surface area contributed by atoms with Gasteiger partial charge in [0.2, 0.25) is 0 Å². The first kappa shape index (κ1) is 15.6. The van der Waals surface area contributed by atoms with Crippen LogP contribution in [0.2, 0.25) is 0 Å². The number of benzene rings is 2. The van der Waals surface area contributed by atoms with Gasteiger partial charge in [0.1, 0.15) is 5.75 Å². The number of ether oxygens (including phenoxy) is 1. The summed E-state index contributed by atoms with van der Waals surface area (Å²) in [5.74, 6) is -0.515. The molecule has 0 aliphatic heterocycles. The van der Waals surface area contributed by atoms with Crippen LogP contribution in [0.4, 0.5) is 5.69 Å². The van der Waals surface area contributed by atoms with E-state index in [-0.39, 0.29) is 11.5 Å². The molecule has 0 amide bonds. The average Bonchev–Trinajstić information content (AvgIpc) is 2.56. The number of anilines is 1. The summed E-state index contributed by atoms with van der Waals surface area (Å²) in [6.07, 6.45) is 1.37. The lowest BCUT2D eigenvalue weighted by Crippen LogP contribution is -2.14. The SMILES string of the molecule is COc1ccc(C(=O)O)cc1NCC(C=N)c1ccccc1. The maximum atomic E-state index is 11.1. The van der Waals surface area contributed by atoms with E-state index >= 15 is 0 Å². The third-order valence-corrected chi connectivity index (χ3v) is 3.39. The largest absolute Gasteiger partial charge is 0.495 e. The highest BCUT2D eigenvalue weighted by atomic mass is 16.5. The molecule has 22 heavy (non-hydrogen) atoms. The summed E-state index contributed by atoms with van der Waals surface area (Å²) in [6, 6.07) is 14.4. The lowest BCUT2D eigenvalue weighted by atomic mass is 10.0. The zero-order chi connectivity index (χ0) is 15.9. The molecular formula is C17H18N2O3. The molecule has 0 aliphatic rings. The highest BCUT2D eigenvalue weighted by molar-refractivity contribution is 5.89. The van der Waals surface area contributed by atoms with Crippen molar-refractivity contribution in [2.24, 2.45) is 0 Å². The van der Waals surface area contributed by atoms with Gasteiger partial charge < -0.3 is 20.6 Å². The molecule has 0 aliphatic carbocycles. The van der Waals surface area contributed by atoms with Gasteiger partial charge in [-0.1, -0.05) is 30.3 Å². The zero-order valence-corrected chi connectivity index (χ0v) is 12.2. The number of hydrogen-bond donors (Lipinski definition) is 3. The van der Waals surface area contributed by atoms with Gasteiger partial charge in [0.25, 0.3) is 0 Å². The molecule has 2 rings (SSSR count). The zero-order valence-electron chi connectivity index (χ0n) is 12.2. The fraction of sp³-hybridized carbons (Fsp3) is 0.176. The Morgan fingerprint density at radius 2 is 2.05 bits per heavy atom. The smallest absolute Gasteiger partial charge is 0.335 e. The number of rotatable bonds is 7. The first-order valence-electron chi connectivity index (χ1n) is 6.86. The third kappa shape index (κ3) is 3.63. The van der Waals surface area contributed by atoms with Crippen molar-refractivity contribution in [3.8, 4) is 5.75 Å². The van der Waals surface area contributed by atoms with Gasteiger partial charge in [-0.05, 0) is 23.8 Å². The topological polar surface area (TPSA) is 82.4 Å². The molecule has 5 nitrogen and oxygen atoms in total. The Morgan fingerprint density at radius 3 is 2.64 bits per heavy atom. The molecule has 0 fully saturated rings. The summed E-state index contributed by atoms with van der Waals surface area (Å²) < 4.78 is 5.24. The molecule has 1 unspecified atom stereocenters. The molecule has 0 aromatic heterocycles. The first-order valence-corrected chi connectivity index (χ1v) is 6.86. The number of hydrogen-bond acceptors (Lipinski definition) is 4. The summed E-state index contributed by atoms with van der Waals surface area (Å²) in [7, 11) is 1.53. The molecule has 2 aromatic carbocycles. The molecule has 5 heteroatoms. The van der Waals surface area contributed by atoms with Crippen LogP contribution in [0, 0.1) is 5.41 Å². The monoisotopic (exact) mass is 298 g/mol. The maximum Gasteiger partial charge on any atom is 0.335 e. The summed E-state index contributed by atoms with van der Waals surface area (Å²) in [5, 5.41) is 19.8. The van der Waals surface area contributed by atoms with Crippen molar-refractivity contribution in [2.45, 2.75) is 5.92 Å². The predicted octanol–water partition coefficient (Wildman–Crippen LogP) is 3.24. The van der Waals surface area contributed by atoms with Gasteiger partial charge in [0.15, 0.2) is 0 Å². The van der Waals surface area contributed by atoms with Crippen molar-refractivity contribution in [3.63, 3.8) is 0 Å². The second-order valence-corrected chi connectivity index (χ2v) is 4.78. The van der Waals surface area contributed by atoms with Gasteiger partial charge in [0.05, 0.1) is 18.4 Å². The van der Waals surface area contributed by atoms with E-state index < -0.39 is 5.97 Å². The van der Waals surface area contributed by atoms with Gasteiger partial charge in [-0.3, -0.25) is 0 Å². The first-order chi connectivity index (χ1) is 10.7. The van der Waals surface area contributed by atoms with Gasteiger partial charge >= 0.3 is 5.97 Å². The molecule has 2 aromatic rings. The summed E-state index contributed by atoms with van der Waals surface area (Å²) in [6.45, 7) is 0.479. The van der Waals surface area contributed by atoms with E-state index in [4.69, 9.17) is 15.3 Å². The Balaban J connectivity index is 2.17. The minimum atomic E-state index is -0.989. The molecule has 0 bridgehead atoms. The summed E-state index contributed by atoms with van der Waals surface area (Å²) in [5.41, 5.74) is 1.82. The van der Waals surface area contributed by atoms with Crippen LogP contribution in [-0.4, -0.2) is 30.9 Å². The molecule has 0 radical (unpaired) electrons. The lowest BCUT2D eigenvalue weighted by Gasteiger charge is -2.16. The van der Waals surface area contributed by atoms with Crippen LogP contribution in [0.15, 0.2) is 48.5 Å². The van der Waals surface area contributed by atoms with Crippen LogP contribution in [0.25, 0.3) is 0 Å². The Kier molecular flexibility index (Phi) is 5.14. The molecule has 0 spiro atoms. The Morgan fingerprint density at radius 1 is 1.32 bits per heavy atom. The third-order valence-electron chi connectivity index (χ3n) is 3.39. The molecule has 0 saturated heterocycles. The van der Waals surface area contributed by atoms with Gasteiger partial charge in [0, 0.05) is 18.7 Å². The Labute approximate surface area is 129 Å². The van der Waals surface area contributed by atoms with E-state index in [2.05, 4.69) is 5.32 Å². The number of nitrogens with one attached hydrogen (secondary N) is 2. The summed E-state index contributed by atoms with van der Waals surface area (Å²) in [4.78, 5) is 11.1. The van der Waals surface area contributed by atoms with Crippen molar-refractivity contribution in [1.29, 1.82) is 5.41 Å². The van der Waals surface area contributed by atoms with Crippen LogP contribution in [0.3, 0.4) is 0 Å². The fourth-order valence-electron chi connectivity index (χ4n) is 2.17. The van der Waals surface area contributed by atoms with Crippen molar-refractivity contribution in [3.05, 3.63) is 59.7 Å². The van der Waals surface area contributed by atoms with Crippen LogP contribution in [-0.2, 0) is 0 Å². The van der Waals surface area contributed by atoms with E-state index in [9.17, 15) is 4.79 Å². The van der Waals surface area contributed by atoms with E-state index in [0.717, 1.165) is 5.56 Å². The van der Waals surface area contributed by atoms with E-state index in [1.165, 1.54) is 25.5 Å². The average molecular weight is 298 g/mol. The van der Waals surface area contributed by atoms with Gasteiger partial charge in [-0.15, -0.1) is 0 Å². The van der Waals surface area contributed by atoms with E-state index in [1.807, 2.05) is 30.3 Å². The number of methoxy groups -OCH3 is 1. The number of carboxylic acids is 1. The predicted molar refractivity (Wildman–Crippen MR) is 86.4 cm³/mol. The molecular weight excluding hydrogens is 280 g/mol. The number of carbonyl (C=O) groups is 1. The fourth-order valence-corrected chi connectivity index (χ4v) is 2.17. The van der Waals surface area contributed by atoms with Crippen molar-refractivity contribution in [2.75, 3.05) is 19.0 Å². The van der Waals surface area contributed by atoms with Gasteiger partial charge in [-0.2, -0.15) is 0 Å². The number of carboxylic acid groups (broad SMARTS) is 1. The molecule has 114 valence electrons. The highest BCUT2D eigenvalue weighted by Crippen LogP contribution is 2.26. The van der Waals surface area contributed by atoms with Crippen molar-refractivity contribution >= 4 is 17.9 Å². The molecule has 3 N–H and O–H groups in total. The Bertz CT molecular complexity index is 656. The second kappa shape index (κ2) is 7.26. The Hall–Kier alpha value is -2.82. The van der Waals surface area contributed by atoms with Crippen LogP contribution in [0.1, 0.15) is 21.8 Å². The molecule has 0 saturated carbocycles. The minimum Gasteiger partial charge on any atom is -0.495 e. The van der Waals surface area contributed by atoms with Gasteiger partial charge in [-0.25, -0.2) is 4.79 Å². The van der Waals surface area contributed by atoms with Crippen LogP contribution in [0.5, 0.6) is 5.75 Å². The quantitative estimate of drug-likeness (QED) is 0.685. The summed E-state index contributed by atoms with van der Waals surface area (Å²) >= 11 is 0. The van der Waals surface area contributed by atoms with E-state index in [1.54, 1.807) is 6.07 Å². The maximum absolute atomic E-state index is 11.1. The van der Waals surface area contributed by atoms with Crippen LogP contribution >= 0.6 is 0 Å². The highest BCUT2D eigenvalue weighted by Gasteiger charge is 2.12.